The summed E-state index contributed by atoms with van der Waals surface area (Å²) in [5.74, 6) is -1.07. The van der Waals surface area contributed by atoms with Crippen LogP contribution in [-0.2, 0) is 14.3 Å². The van der Waals surface area contributed by atoms with E-state index in [1.165, 1.54) is 12.1 Å². The lowest BCUT2D eigenvalue weighted by Gasteiger charge is -2.04. The topological polar surface area (TPSA) is 72.5 Å². The second-order valence-electron chi connectivity index (χ2n) is 2.88. The van der Waals surface area contributed by atoms with Gasteiger partial charge >= 0.3 is 0 Å². The first kappa shape index (κ1) is 13.0. The summed E-state index contributed by atoms with van der Waals surface area (Å²) in [7, 11) is -2.66. The van der Waals surface area contributed by atoms with Gasteiger partial charge in [0, 0.05) is 10.6 Å². The van der Waals surface area contributed by atoms with Gasteiger partial charge in [0.05, 0.1) is 7.11 Å². The number of amides is 1. The van der Waals surface area contributed by atoms with Gasteiger partial charge in [-0.1, -0.05) is 11.6 Å². The van der Waals surface area contributed by atoms with Crippen LogP contribution in [0.1, 0.15) is 10.4 Å². The minimum Gasteiger partial charge on any atom is -0.336 e. The van der Waals surface area contributed by atoms with Crippen molar-refractivity contribution in [2.75, 3.05) is 13.0 Å². The molecule has 1 amide bonds. The summed E-state index contributed by atoms with van der Waals surface area (Å²) in [5, 5.41) is 2.72. The number of rotatable bonds is 4. The molecule has 0 aliphatic carbocycles. The molecule has 7 heteroatoms. The van der Waals surface area contributed by atoms with Gasteiger partial charge in [0.15, 0.2) is 0 Å². The van der Waals surface area contributed by atoms with Crippen LogP contribution in [0.4, 0.5) is 0 Å². The largest absolute Gasteiger partial charge is 0.336 e. The van der Waals surface area contributed by atoms with Crippen LogP contribution in [0.2, 0.25) is 5.02 Å². The summed E-state index contributed by atoms with van der Waals surface area (Å²) < 4.78 is 26.0. The van der Waals surface area contributed by atoms with E-state index in [0.717, 1.165) is 7.11 Å². The average molecular weight is 264 g/mol. The molecule has 0 aliphatic heterocycles. The Bertz CT molecular complexity index is 469. The van der Waals surface area contributed by atoms with E-state index in [1.807, 2.05) is 0 Å². The van der Waals surface area contributed by atoms with E-state index in [0.29, 0.717) is 10.6 Å². The van der Waals surface area contributed by atoms with Crippen molar-refractivity contribution in [3.05, 3.63) is 34.9 Å². The number of hydrogen-bond acceptors (Lipinski definition) is 4. The van der Waals surface area contributed by atoms with Gasteiger partial charge in [0.2, 0.25) is 0 Å². The van der Waals surface area contributed by atoms with Crippen LogP contribution < -0.4 is 5.32 Å². The molecule has 0 unspecified atom stereocenters. The van der Waals surface area contributed by atoms with E-state index >= 15 is 0 Å². The molecule has 0 fully saturated rings. The van der Waals surface area contributed by atoms with Crippen LogP contribution in [0.25, 0.3) is 0 Å². The fraction of sp³-hybridized carbons (Fsp3) is 0.222. The number of halogens is 1. The van der Waals surface area contributed by atoms with E-state index < -0.39 is 21.9 Å². The molecule has 0 aliphatic rings. The van der Waals surface area contributed by atoms with Crippen molar-refractivity contribution in [2.24, 2.45) is 0 Å². The molecule has 0 radical (unpaired) electrons. The zero-order valence-corrected chi connectivity index (χ0v) is 10.0. The van der Waals surface area contributed by atoms with E-state index in [9.17, 15) is 13.2 Å². The zero-order valence-electron chi connectivity index (χ0n) is 8.44. The van der Waals surface area contributed by atoms with Crippen molar-refractivity contribution >= 4 is 27.6 Å². The molecular weight excluding hydrogens is 254 g/mol. The Labute approximate surface area is 98.5 Å². The summed E-state index contributed by atoms with van der Waals surface area (Å²) in [6, 6.07) is 6.08. The Morgan fingerprint density at radius 1 is 1.38 bits per heavy atom. The van der Waals surface area contributed by atoms with Crippen molar-refractivity contribution < 1.29 is 17.4 Å². The minimum atomic E-state index is -3.69. The lowest BCUT2D eigenvalue weighted by atomic mass is 10.2. The molecule has 1 N–H and O–H groups in total. The van der Waals surface area contributed by atoms with Gasteiger partial charge < -0.3 is 5.32 Å². The monoisotopic (exact) mass is 263 g/mol. The molecule has 5 nitrogen and oxygen atoms in total. The maximum atomic E-state index is 11.4. The highest BCUT2D eigenvalue weighted by Crippen LogP contribution is 2.09. The van der Waals surface area contributed by atoms with Crippen molar-refractivity contribution in [3.63, 3.8) is 0 Å². The molecule has 0 atom stereocenters. The summed E-state index contributed by atoms with van der Waals surface area (Å²) in [6.07, 6.45) is 0. The highest BCUT2D eigenvalue weighted by molar-refractivity contribution is 7.86. The van der Waals surface area contributed by atoms with Crippen LogP contribution in [-0.4, -0.2) is 27.3 Å². The number of carbonyl (C=O) groups excluding carboxylic acids is 1. The van der Waals surface area contributed by atoms with Crippen molar-refractivity contribution in [2.45, 2.75) is 0 Å². The molecule has 88 valence electrons. The Morgan fingerprint density at radius 2 is 1.94 bits per heavy atom. The van der Waals surface area contributed by atoms with Crippen molar-refractivity contribution in [1.82, 2.24) is 5.32 Å². The Morgan fingerprint density at radius 3 is 2.44 bits per heavy atom. The molecule has 1 rings (SSSR count). The van der Waals surface area contributed by atoms with Gasteiger partial charge in [0.1, 0.15) is 5.88 Å². The standard InChI is InChI=1S/C9H10ClNO4S/c1-15-16(13,14)6-11-9(12)7-2-4-8(10)5-3-7/h2-5H,6H2,1H3,(H,11,12). The lowest BCUT2D eigenvalue weighted by Crippen LogP contribution is -2.30. The minimum absolute atomic E-state index is 0.329. The van der Waals surface area contributed by atoms with E-state index in [1.54, 1.807) is 12.1 Å². The average Bonchev–Trinajstić information content (AvgIpc) is 2.27. The Balaban J connectivity index is 2.63. The third-order valence-electron chi connectivity index (χ3n) is 1.77. The van der Waals surface area contributed by atoms with Gasteiger partial charge in [0.25, 0.3) is 16.0 Å². The molecule has 0 bridgehead atoms. The van der Waals surface area contributed by atoms with Gasteiger partial charge in [-0.05, 0) is 24.3 Å². The Hall–Kier alpha value is -1.11. The second-order valence-corrected chi connectivity index (χ2v) is 5.06. The first-order chi connectivity index (χ1) is 7.44. The Kier molecular flexibility index (Phi) is 4.28. The fourth-order valence-corrected chi connectivity index (χ4v) is 1.47. The quantitative estimate of drug-likeness (QED) is 0.823. The molecule has 1 aromatic carbocycles. The van der Waals surface area contributed by atoms with Crippen LogP contribution >= 0.6 is 11.6 Å². The van der Waals surface area contributed by atoms with Gasteiger partial charge in [-0.2, -0.15) is 8.42 Å². The first-order valence-electron chi connectivity index (χ1n) is 4.26. The van der Waals surface area contributed by atoms with E-state index in [2.05, 4.69) is 9.50 Å². The maximum absolute atomic E-state index is 11.4. The smallest absolute Gasteiger partial charge is 0.285 e. The van der Waals surface area contributed by atoms with Gasteiger partial charge in [-0.3, -0.25) is 8.98 Å². The maximum Gasteiger partial charge on any atom is 0.285 e. The van der Waals surface area contributed by atoms with Crippen LogP contribution in [0.5, 0.6) is 0 Å². The fourth-order valence-electron chi connectivity index (χ4n) is 0.916. The molecular formula is C9H10ClNO4S. The van der Waals surface area contributed by atoms with Crippen LogP contribution in [0.3, 0.4) is 0 Å². The third-order valence-corrected chi connectivity index (χ3v) is 3.03. The number of benzene rings is 1. The predicted molar refractivity (Wildman–Crippen MR) is 59.7 cm³/mol. The van der Waals surface area contributed by atoms with Crippen LogP contribution in [0.15, 0.2) is 24.3 Å². The van der Waals surface area contributed by atoms with Crippen LogP contribution in [0, 0.1) is 0 Å². The highest BCUT2D eigenvalue weighted by Gasteiger charge is 2.11. The predicted octanol–water partition coefficient (Wildman–Crippen LogP) is 1.00. The summed E-state index contributed by atoms with van der Waals surface area (Å²) in [6.45, 7) is 0. The summed E-state index contributed by atoms with van der Waals surface area (Å²) in [4.78, 5) is 11.4. The number of nitrogens with one attached hydrogen (secondary N) is 1. The lowest BCUT2D eigenvalue weighted by molar-refractivity contribution is 0.0958. The zero-order chi connectivity index (χ0) is 12.2. The normalized spacial score (nSPS) is 11.1. The third kappa shape index (κ3) is 3.80. The molecule has 0 heterocycles. The molecule has 16 heavy (non-hydrogen) atoms. The van der Waals surface area contributed by atoms with Crippen molar-refractivity contribution in [3.8, 4) is 0 Å². The SMILES string of the molecule is COS(=O)(=O)CNC(=O)c1ccc(Cl)cc1. The number of hydrogen-bond donors (Lipinski definition) is 1. The van der Waals surface area contributed by atoms with E-state index in [4.69, 9.17) is 11.6 Å². The molecule has 0 saturated heterocycles. The molecule has 0 aromatic heterocycles. The second kappa shape index (κ2) is 5.29. The molecule has 1 aromatic rings. The summed E-state index contributed by atoms with van der Waals surface area (Å²) >= 11 is 5.64. The van der Waals surface area contributed by atoms with E-state index in [-0.39, 0.29) is 0 Å². The first-order valence-corrected chi connectivity index (χ1v) is 6.22. The summed E-state index contributed by atoms with van der Waals surface area (Å²) in [5.41, 5.74) is 0.329. The van der Waals surface area contributed by atoms with Gasteiger partial charge in [-0.15, -0.1) is 0 Å². The highest BCUT2D eigenvalue weighted by atomic mass is 35.5. The number of carbonyl (C=O) groups is 1. The molecule has 0 spiro atoms. The van der Waals surface area contributed by atoms with Gasteiger partial charge in [-0.25, -0.2) is 0 Å². The molecule has 0 saturated carbocycles. The van der Waals surface area contributed by atoms with Crippen molar-refractivity contribution in [1.29, 1.82) is 0 Å².